The predicted octanol–water partition coefficient (Wildman–Crippen LogP) is -0.473. The molecular weight excluding hydrogens is 152 g/mol. The standard InChI is InChI=1S/C6H10O5/c7-5(8)3-1-2-4-6(9)11-10/h9H,1-4H2,(H,7,8). The van der Waals surface area contributed by atoms with Crippen LogP contribution in [0.5, 0.6) is 0 Å². The molecule has 0 unspecified atom stereocenters. The molecule has 11 heavy (non-hydrogen) atoms. The van der Waals surface area contributed by atoms with Crippen LogP contribution < -0.4 is 5.26 Å². The number of aliphatic carboxylic acids is 2. The number of carboxylic acids is 2. The maximum Gasteiger partial charge on any atom is 0.495 e. The van der Waals surface area contributed by atoms with Crippen molar-refractivity contribution in [3.8, 4) is 0 Å². The fourth-order valence-corrected chi connectivity index (χ4v) is 0.594. The van der Waals surface area contributed by atoms with Gasteiger partial charge in [-0.15, -0.1) is 0 Å². The molecular formula is C6H10O5. The summed E-state index contributed by atoms with van der Waals surface area (Å²) in [5.41, 5.74) is 0. The zero-order valence-corrected chi connectivity index (χ0v) is 5.95. The molecule has 0 aromatic heterocycles. The van der Waals surface area contributed by atoms with E-state index in [1.165, 1.54) is 0 Å². The fourth-order valence-electron chi connectivity index (χ4n) is 0.594. The molecule has 2 N–H and O–H groups in total. The normalized spacial score (nSPS) is 11.5. The number of unbranched alkanes of at least 4 members (excludes halogenated alkanes) is 1. The second kappa shape index (κ2) is 5.52. The third-order valence-corrected chi connectivity index (χ3v) is 1.13. The average molecular weight is 162 g/mol. The molecule has 0 bridgehead atoms. The molecule has 0 saturated carbocycles. The largest absolute Gasteiger partial charge is 0.588 e. The molecule has 0 aromatic rings. The Morgan fingerprint density at radius 3 is 2.27 bits per heavy atom. The number of rotatable bonds is 5. The van der Waals surface area contributed by atoms with E-state index in [0.29, 0.717) is 12.8 Å². The number of carbonyl (C=O) groups is 1. The maximum atomic E-state index is 9.95. The van der Waals surface area contributed by atoms with Gasteiger partial charge in [-0.05, 0) is 12.8 Å². The zero-order valence-electron chi connectivity index (χ0n) is 5.95. The van der Waals surface area contributed by atoms with Gasteiger partial charge in [0.05, 0.1) is 0 Å². The van der Waals surface area contributed by atoms with Crippen molar-refractivity contribution in [3.63, 3.8) is 0 Å². The Kier molecular flexibility index (Phi) is 4.89. The first-order valence-corrected chi connectivity index (χ1v) is 3.23. The van der Waals surface area contributed by atoms with Gasteiger partial charge in [-0.3, -0.25) is 9.37 Å². The van der Waals surface area contributed by atoms with Crippen LogP contribution in [0.1, 0.15) is 25.7 Å². The molecule has 0 radical (unpaired) electrons. The molecule has 0 aliphatic carbocycles. The van der Waals surface area contributed by atoms with E-state index in [9.17, 15) is 10.1 Å². The minimum atomic E-state index is -0.882. The van der Waals surface area contributed by atoms with Crippen LogP contribution in [0, 0.1) is 0 Å². The van der Waals surface area contributed by atoms with E-state index >= 15 is 0 Å². The van der Waals surface area contributed by atoms with Crippen LogP contribution in [-0.4, -0.2) is 22.2 Å². The highest BCUT2D eigenvalue weighted by molar-refractivity contribution is 5.68. The Morgan fingerprint density at radius 1 is 1.27 bits per heavy atom. The van der Waals surface area contributed by atoms with Crippen molar-refractivity contribution >= 4 is 11.9 Å². The van der Waals surface area contributed by atoms with Crippen molar-refractivity contribution in [2.75, 3.05) is 0 Å². The minimum absolute atomic E-state index is 0.0478. The molecule has 5 heteroatoms. The quantitative estimate of drug-likeness (QED) is 0.247. The number of hydrogen-bond acceptors (Lipinski definition) is 2. The first-order valence-electron chi connectivity index (χ1n) is 3.23. The highest BCUT2D eigenvalue weighted by atomic mass is 17.1. The molecule has 0 rings (SSSR count). The van der Waals surface area contributed by atoms with Gasteiger partial charge in [0, 0.05) is 6.42 Å². The van der Waals surface area contributed by atoms with E-state index in [0.717, 1.165) is 0 Å². The molecule has 0 aromatic carbocycles. The Balaban J connectivity index is 3.21. The van der Waals surface area contributed by atoms with Crippen molar-refractivity contribution in [3.05, 3.63) is 0 Å². The van der Waals surface area contributed by atoms with Crippen LogP contribution in [0.15, 0.2) is 0 Å². The van der Waals surface area contributed by atoms with E-state index in [4.69, 9.17) is 10.2 Å². The third kappa shape index (κ3) is 6.63. The van der Waals surface area contributed by atoms with Crippen molar-refractivity contribution < 1.29 is 24.8 Å². The van der Waals surface area contributed by atoms with Crippen molar-refractivity contribution in [1.29, 1.82) is 0 Å². The van der Waals surface area contributed by atoms with Crippen LogP contribution in [0.3, 0.4) is 0 Å². The molecule has 0 heterocycles. The average Bonchev–Trinajstić information content (AvgIpc) is 1.97. The molecule has 0 aliphatic rings. The molecule has 0 amide bonds. The SMILES string of the molecule is O=C(O)CCCCC(O)=[O+][O-]. The summed E-state index contributed by atoms with van der Waals surface area (Å²) in [5, 5.41) is 26.1. The van der Waals surface area contributed by atoms with E-state index in [-0.39, 0.29) is 12.8 Å². The molecule has 64 valence electrons. The predicted molar refractivity (Wildman–Crippen MR) is 33.7 cm³/mol. The number of carboxylic acid groups (broad SMARTS) is 2. The van der Waals surface area contributed by atoms with Gasteiger partial charge in [-0.1, -0.05) is 0 Å². The summed E-state index contributed by atoms with van der Waals surface area (Å²) in [7, 11) is 0. The Labute approximate surface area is 63.5 Å². The highest BCUT2D eigenvalue weighted by Gasteiger charge is 2.05. The summed E-state index contributed by atoms with van der Waals surface area (Å²) in [5.74, 6) is -1.47. The van der Waals surface area contributed by atoms with E-state index in [1.807, 2.05) is 0 Å². The Morgan fingerprint density at radius 2 is 1.82 bits per heavy atom. The van der Waals surface area contributed by atoms with Crippen molar-refractivity contribution in [1.82, 2.24) is 0 Å². The fraction of sp³-hybridized carbons (Fsp3) is 0.667. The lowest BCUT2D eigenvalue weighted by molar-refractivity contribution is -1.05. The monoisotopic (exact) mass is 162 g/mol. The molecule has 0 fully saturated rings. The summed E-state index contributed by atoms with van der Waals surface area (Å²) >= 11 is 0. The van der Waals surface area contributed by atoms with Crippen LogP contribution in [0.4, 0.5) is 0 Å². The lowest BCUT2D eigenvalue weighted by Gasteiger charge is -1.91. The van der Waals surface area contributed by atoms with Gasteiger partial charge in [0.2, 0.25) is 0 Å². The first kappa shape index (κ1) is 9.74. The Hall–Kier alpha value is -1.26. The zero-order chi connectivity index (χ0) is 8.69. The van der Waals surface area contributed by atoms with Gasteiger partial charge in [0.1, 0.15) is 6.42 Å². The van der Waals surface area contributed by atoms with Crippen molar-refractivity contribution in [2.24, 2.45) is 0 Å². The number of aliphatic hydroxyl groups excluding tert-OH is 1. The summed E-state index contributed by atoms with van der Waals surface area (Å²) < 4.78 is 3.23. The number of hydrogen-bond donors (Lipinski definition) is 2. The molecule has 5 nitrogen and oxygen atoms in total. The van der Waals surface area contributed by atoms with E-state index in [2.05, 4.69) is 4.58 Å². The van der Waals surface area contributed by atoms with E-state index in [1.54, 1.807) is 0 Å². The van der Waals surface area contributed by atoms with Gasteiger partial charge in [0.25, 0.3) is 0 Å². The Bertz CT molecular complexity index is 151. The minimum Gasteiger partial charge on any atom is -0.588 e. The topological polar surface area (TPSA) is 91.9 Å². The summed E-state index contributed by atoms with van der Waals surface area (Å²) in [6, 6.07) is 0. The first-order chi connectivity index (χ1) is 5.16. The highest BCUT2D eigenvalue weighted by Crippen LogP contribution is 1.98. The van der Waals surface area contributed by atoms with Crippen LogP contribution in [0.2, 0.25) is 0 Å². The lowest BCUT2D eigenvalue weighted by atomic mass is 10.2. The summed E-state index contributed by atoms with van der Waals surface area (Å²) in [4.78, 5) is 9.95. The lowest BCUT2D eigenvalue weighted by Crippen LogP contribution is -2.08. The molecule has 0 aliphatic heterocycles. The van der Waals surface area contributed by atoms with Crippen LogP contribution in [-0.2, 0) is 9.37 Å². The van der Waals surface area contributed by atoms with Gasteiger partial charge in [-0.2, -0.15) is 0 Å². The third-order valence-electron chi connectivity index (χ3n) is 1.13. The van der Waals surface area contributed by atoms with Crippen molar-refractivity contribution in [2.45, 2.75) is 25.7 Å². The molecule has 0 spiro atoms. The van der Waals surface area contributed by atoms with Gasteiger partial charge >= 0.3 is 11.9 Å². The second-order valence-corrected chi connectivity index (χ2v) is 2.08. The van der Waals surface area contributed by atoms with Gasteiger partial charge in [0.15, 0.2) is 0 Å². The van der Waals surface area contributed by atoms with Crippen LogP contribution >= 0.6 is 0 Å². The van der Waals surface area contributed by atoms with Crippen LogP contribution in [0.25, 0.3) is 0 Å². The summed E-state index contributed by atoms with van der Waals surface area (Å²) in [6.07, 6.45) is 1.03. The van der Waals surface area contributed by atoms with E-state index < -0.39 is 11.9 Å². The second-order valence-electron chi connectivity index (χ2n) is 2.08. The van der Waals surface area contributed by atoms with Gasteiger partial charge < -0.3 is 15.5 Å². The molecule has 0 atom stereocenters. The smallest absolute Gasteiger partial charge is 0.495 e. The maximum absolute atomic E-state index is 9.95. The molecule has 0 saturated heterocycles. The summed E-state index contributed by atoms with van der Waals surface area (Å²) in [6.45, 7) is 0. The van der Waals surface area contributed by atoms with Gasteiger partial charge in [-0.25, -0.2) is 0 Å².